The van der Waals surface area contributed by atoms with E-state index in [1.807, 2.05) is 49.9 Å². The third-order valence-corrected chi connectivity index (χ3v) is 5.47. The van der Waals surface area contributed by atoms with E-state index in [1.165, 1.54) is 0 Å². The van der Waals surface area contributed by atoms with E-state index in [9.17, 15) is 14.4 Å². The van der Waals surface area contributed by atoms with Crippen molar-refractivity contribution in [1.29, 1.82) is 0 Å². The topological polar surface area (TPSA) is 87.7 Å². The molecule has 1 atom stereocenters. The predicted octanol–water partition coefficient (Wildman–Crippen LogP) is 2.14. The molecule has 0 radical (unpaired) electrons. The first-order valence-electron chi connectivity index (χ1n) is 10.7. The monoisotopic (exact) mass is 417 g/mol. The van der Waals surface area contributed by atoms with Crippen molar-refractivity contribution >= 4 is 17.7 Å². The molecule has 2 rings (SSSR count). The van der Waals surface area contributed by atoms with E-state index < -0.39 is 6.04 Å². The normalized spacial score (nSPS) is 15.7. The number of ether oxygens (including phenoxy) is 1. The number of aryl methyl sites for hydroxylation is 1. The lowest BCUT2D eigenvalue weighted by Crippen LogP contribution is -2.54. The lowest BCUT2D eigenvalue weighted by molar-refractivity contribution is -0.131. The van der Waals surface area contributed by atoms with Crippen LogP contribution in [0.2, 0.25) is 0 Å². The van der Waals surface area contributed by atoms with Crippen LogP contribution in [0.25, 0.3) is 0 Å². The molecule has 0 saturated carbocycles. The molecule has 0 aliphatic carbocycles. The number of carbonyl (C=O) groups excluding carboxylic acids is 3. The van der Waals surface area contributed by atoms with E-state index in [0.29, 0.717) is 45.5 Å². The summed E-state index contributed by atoms with van der Waals surface area (Å²) in [4.78, 5) is 39.8. The Morgan fingerprint density at radius 1 is 1.17 bits per heavy atom. The minimum absolute atomic E-state index is 0.00965. The summed E-state index contributed by atoms with van der Waals surface area (Å²) >= 11 is 0. The maximum Gasteiger partial charge on any atom is 0.254 e. The standard InChI is InChI=1S/C23H35N3O4/c1-16(2)15-20(27)25-21(22(28)24-11-14-30-4)18-9-12-26(13-10-18)23(29)19-8-6-5-7-17(19)3/h5-8,16,18,21H,9-15H2,1-4H3,(H,24,28)(H,25,27)/t21-/m1/s1. The van der Waals surface area contributed by atoms with Gasteiger partial charge in [0, 0.05) is 38.7 Å². The second kappa shape index (κ2) is 11.7. The minimum Gasteiger partial charge on any atom is -0.383 e. The number of rotatable bonds is 9. The zero-order valence-corrected chi connectivity index (χ0v) is 18.6. The zero-order valence-electron chi connectivity index (χ0n) is 18.6. The SMILES string of the molecule is COCCNC(=O)[C@H](NC(=O)CC(C)C)C1CCN(C(=O)c2ccccc2C)CC1. The van der Waals surface area contributed by atoms with E-state index in [4.69, 9.17) is 4.74 Å². The predicted molar refractivity (Wildman–Crippen MR) is 116 cm³/mol. The van der Waals surface area contributed by atoms with Crippen molar-refractivity contribution in [1.82, 2.24) is 15.5 Å². The molecule has 166 valence electrons. The maximum atomic E-state index is 12.9. The third-order valence-electron chi connectivity index (χ3n) is 5.47. The Balaban J connectivity index is 2.01. The van der Waals surface area contributed by atoms with Gasteiger partial charge in [-0.15, -0.1) is 0 Å². The average Bonchev–Trinajstić information content (AvgIpc) is 2.71. The van der Waals surface area contributed by atoms with Gasteiger partial charge in [-0.3, -0.25) is 14.4 Å². The molecule has 2 N–H and O–H groups in total. The van der Waals surface area contributed by atoms with Gasteiger partial charge in [0.25, 0.3) is 5.91 Å². The van der Waals surface area contributed by atoms with Gasteiger partial charge < -0.3 is 20.3 Å². The summed E-state index contributed by atoms with van der Waals surface area (Å²) < 4.78 is 5.00. The van der Waals surface area contributed by atoms with Gasteiger partial charge in [0.2, 0.25) is 11.8 Å². The highest BCUT2D eigenvalue weighted by Crippen LogP contribution is 2.23. The van der Waals surface area contributed by atoms with E-state index in [0.717, 1.165) is 11.1 Å². The highest BCUT2D eigenvalue weighted by Gasteiger charge is 2.34. The number of piperidine rings is 1. The summed E-state index contributed by atoms with van der Waals surface area (Å²) in [5.74, 6) is -0.0694. The molecule has 3 amide bonds. The molecule has 0 aromatic heterocycles. The molecule has 1 aliphatic heterocycles. The number of amides is 3. The fourth-order valence-corrected chi connectivity index (χ4v) is 3.81. The van der Waals surface area contributed by atoms with Crippen LogP contribution in [0.4, 0.5) is 0 Å². The van der Waals surface area contributed by atoms with Crippen LogP contribution in [0, 0.1) is 18.8 Å². The first-order valence-corrected chi connectivity index (χ1v) is 10.7. The Bertz CT molecular complexity index is 727. The van der Waals surface area contributed by atoms with Crippen LogP contribution < -0.4 is 10.6 Å². The molecule has 1 saturated heterocycles. The summed E-state index contributed by atoms with van der Waals surface area (Å²) in [6.07, 6.45) is 1.72. The number of likely N-dealkylation sites (tertiary alicyclic amines) is 1. The van der Waals surface area contributed by atoms with Crippen LogP contribution in [0.15, 0.2) is 24.3 Å². The third kappa shape index (κ3) is 6.83. The second-order valence-corrected chi connectivity index (χ2v) is 8.37. The van der Waals surface area contributed by atoms with E-state index >= 15 is 0 Å². The van der Waals surface area contributed by atoms with Crippen molar-refractivity contribution in [2.24, 2.45) is 11.8 Å². The van der Waals surface area contributed by atoms with Crippen LogP contribution in [0.1, 0.15) is 49.0 Å². The second-order valence-electron chi connectivity index (χ2n) is 8.37. The summed E-state index contributed by atoms with van der Waals surface area (Å²) in [5, 5.41) is 5.78. The maximum absolute atomic E-state index is 12.9. The van der Waals surface area contributed by atoms with Crippen molar-refractivity contribution < 1.29 is 19.1 Å². The highest BCUT2D eigenvalue weighted by atomic mass is 16.5. The van der Waals surface area contributed by atoms with Crippen molar-refractivity contribution in [3.05, 3.63) is 35.4 Å². The summed E-state index contributed by atoms with van der Waals surface area (Å²) in [7, 11) is 1.58. The fraction of sp³-hybridized carbons (Fsp3) is 0.609. The van der Waals surface area contributed by atoms with E-state index in [2.05, 4.69) is 10.6 Å². The lowest BCUT2D eigenvalue weighted by atomic mass is 9.88. The zero-order chi connectivity index (χ0) is 22.1. The molecule has 1 heterocycles. The number of hydrogen-bond donors (Lipinski definition) is 2. The fourth-order valence-electron chi connectivity index (χ4n) is 3.81. The number of hydrogen-bond acceptors (Lipinski definition) is 4. The van der Waals surface area contributed by atoms with Gasteiger partial charge in [-0.05, 0) is 43.2 Å². The number of methoxy groups -OCH3 is 1. The average molecular weight is 418 g/mol. The minimum atomic E-state index is -0.594. The van der Waals surface area contributed by atoms with Crippen LogP contribution >= 0.6 is 0 Å². The van der Waals surface area contributed by atoms with Gasteiger partial charge in [0.05, 0.1) is 6.61 Å². The van der Waals surface area contributed by atoms with Gasteiger partial charge >= 0.3 is 0 Å². The first-order chi connectivity index (χ1) is 14.3. The molecule has 1 aromatic carbocycles. The molecule has 1 aliphatic rings. The molecular weight excluding hydrogens is 382 g/mol. The van der Waals surface area contributed by atoms with Gasteiger partial charge in [-0.2, -0.15) is 0 Å². The molecule has 7 heteroatoms. The van der Waals surface area contributed by atoms with Crippen molar-refractivity contribution in [2.45, 2.75) is 46.1 Å². The van der Waals surface area contributed by atoms with Gasteiger partial charge in [-0.1, -0.05) is 32.0 Å². The van der Waals surface area contributed by atoms with Gasteiger partial charge in [-0.25, -0.2) is 0 Å². The first kappa shape index (κ1) is 23.9. The molecule has 30 heavy (non-hydrogen) atoms. The molecular formula is C23H35N3O4. The highest BCUT2D eigenvalue weighted by molar-refractivity contribution is 5.95. The quantitative estimate of drug-likeness (QED) is 0.603. The molecule has 0 bridgehead atoms. The Kier molecular flexibility index (Phi) is 9.30. The van der Waals surface area contributed by atoms with Gasteiger partial charge in [0.1, 0.15) is 6.04 Å². The van der Waals surface area contributed by atoms with Crippen LogP contribution in [0.5, 0.6) is 0 Å². The molecule has 7 nitrogen and oxygen atoms in total. The van der Waals surface area contributed by atoms with Crippen LogP contribution in [-0.4, -0.2) is 62.0 Å². The molecule has 0 unspecified atom stereocenters. The van der Waals surface area contributed by atoms with E-state index in [-0.39, 0.29) is 29.6 Å². The Labute approximate surface area is 179 Å². The number of carbonyl (C=O) groups is 3. The van der Waals surface area contributed by atoms with Crippen LogP contribution in [0.3, 0.4) is 0 Å². The lowest BCUT2D eigenvalue weighted by Gasteiger charge is -2.36. The summed E-state index contributed by atoms with van der Waals surface area (Å²) in [6, 6.07) is 6.98. The van der Waals surface area contributed by atoms with E-state index in [1.54, 1.807) is 7.11 Å². The van der Waals surface area contributed by atoms with Gasteiger partial charge in [0.15, 0.2) is 0 Å². The van der Waals surface area contributed by atoms with Crippen molar-refractivity contribution in [3.63, 3.8) is 0 Å². The molecule has 1 fully saturated rings. The van der Waals surface area contributed by atoms with Crippen molar-refractivity contribution in [2.75, 3.05) is 33.4 Å². The van der Waals surface area contributed by atoms with Crippen LogP contribution in [-0.2, 0) is 14.3 Å². The Hall–Kier alpha value is -2.41. The Morgan fingerprint density at radius 3 is 2.43 bits per heavy atom. The number of nitrogens with one attached hydrogen (secondary N) is 2. The van der Waals surface area contributed by atoms with Crippen molar-refractivity contribution in [3.8, 4) is 0 Å². The summed E-state index contributed by atoms with van der Waals surface area (Å²) in [5.41, 5.74) is 1.68. The molecule has 1 aromatic rings. The molecule has 0 spiro atoms. The Morgan fingerprint density at radius 2 is 1.83 bits per heavy atom. The summed E-state index contributed by atoms with van der Waals surface area (Å²) in [6.45, 7) is 7.84. The number of nitrogens with zero attached hydrogens (tertiary/aromatic N) is 1. The smallest absolute Gasteiger partial charge is 0.254 e. The largest absolute Gasteiger partial charge is 0.383 e. The number of benzene rings is 1.